The van der Waals surface area contributed by atoms with Gasteiger partial charge in [-0.15, -0.1) is 0 Å². The summed E-state index contributed by atoms with van der Waals surface area (Å²) in [5.74, 6) is 0. The fourth-order valence-electron chi connectivity index (χ4n) is 1.04. The minimum Gasteiger partial charge on any atom is -0.355 e. The fourth-order valence-corrected chi connectivity index (χ4v) is 1.04. The molecule has 2 aromatic heterocycles. The van der Waals surface area contributed by atoms with Crippen molar-refractivity contribution in [2.75, 3.05) is 0 Å². The lowest BCUT2D eigenvalue weighted by atomic mass is 10.2. The van der Waals surface area contributed by atoms with Crippen LogP contribution in [0.1, 0.15) is 5.56 Å². The van der Waals surface area contributed by atoms with Gasteiger partial charge in [-0.25, -0.2) is 0 Å². The van der Waals surface area contributed by atoms with E-state index in [9.17, 15) is 0 Å². The molecule has 0 aliphatic rings. The Morgan fingerprint density at radius 1 is 1.38 bits per heavy atom. The zero-order valence-electron chi connectivity index (χ0n) is 4.73. The highest BCUT2D eigenvalue weighted by atomic mass is 14.7. The van der Waals surface area contributed by atoms with Crippen molar-refractivity contribution in [3.63, 3.8) is 0 Å². The van der Waals surface area contributed by atoms with E-state index in [-0.39, 0.29) is 0 Å². The second-order valence-corrected chi connectivity index (χ2v) is 2.15. The number of nitrogens with one attached hydrogen (secondary N) is 1. The van der Waals surface area contributed by atoms with Crippen molar-refractivity contribution in [2.45, 2.75) is 6.92 Å². The molecule has 2 aromatic rings. The lowest BCUT2D eigenvalue weighted by molar-refractivity contribution is 1.54. The van der Waals surface area contributed by atoms with Crippen LogP contribution in [0.25, 0.3) is 11.0 Å². The molecule has 8 heavy (non-hydrogen) atoms. The smallest absolute Gasteiger partial charge is 0.0415 e. The molecule has 0 saturated heterocycles. The van der Waals surface area contributed by atoms with E-state index < -0.39 is 0 Å². The molecule has 0 aromatic carbocycles. The van der Waals surface area contributed by atoms with Crippen molar-refractivity contribution < 1.29 is 0 Å². The normalized spacial score (nSPS) is 11.1. The molecule has 1 heteroatoms. The van der Waals surface area contributed by atoms with Crippen molar-refractivity contribution >= 4 is 11.0 Å². The van der Waals surface area contributed by atoms with Crippen molar-refractivity contribution in [2.24, 2.45) is 0 Å². The molecule has 1 N–H and O–H groups in total. The number of aromatic amines is 1. The maximum Gasteiger partial charge on any atom is 0.0415 e. The molecule has 0 amide bonds. The Morgan fingerprint density at radius 2 is 2.25 bits per heavy atom. The molecule has 0 atom stereocenters. The second-order valence-electron chi connectivity index (χ2n) is 2.15. The first kappa shape index (κ1) is 3.96. The summed E-state index contributed by atoms with van der Waals surface area (Å²) in [5.41, 5.74) is 3.85. The van der Waals surface area contributed by atoms with Crippen LogP contribution in [-0.4, -0.2) is 4.98 Å². The lowest BCUT2D eigenvalue weighted by Crippen LogP contribution is -1.60. The minimum absolute atomic E-state index is 1.23. The molecular weight excluding hydrogens is 98.1 g/mol. The molecule has 2 rings (SSSR count). The van der Waals surface area contributed by atoms with Gasteiger partial charge in [-0.3, -0.25) is 0 Å². The van der Waals surface area contributed by atoms with Crippen LogP contribution < -0.4 is 0 Å². The average Bonchev–Trinajstić information content (AvgIpc) is 2.23. The van der Waals surface area contributed by atoms with Gasteiger partial charge < -0.3 is 4.98 Å². The van der Waals surface area contributed by atoms with E-state index in [1.807, 2.05) is 0 Å². The van der Waals surface area contributed by atoms with Gasteiger partial charge in [-0.1, -0.05) is 0 Å². The number of hydrogen-bond donors (Lipinski definition) is 1. The van der Waals surface area contributed by atoms with E-state index >= 15 is 0 Å². The van der Waals surface area contributed by atoms with Crippen LogP contribution in [0, 0.1) is 6.92 Å². The summed E-state index contributed by atoms with van der Waals surface area (Å²) >= 11 is 0. The average molecular weight is 105 g/mol. The predicted molar refractivity (Wildman–Crippen MR) is 34.2 cm³/mol. The van der Waals surface area contributed by atoms with Gasteiger partial charge >= 0.3 is 0 Å². The molecular formula is C7H7N. The Labute approximate surface area is 47.7 Å². The number of aryl methyl sites for hydroxylation is 1. The summed E-state index contributed by atoms with van der Waals surface area (Å²) in [4.78, 5) is 3.21. The van der Waals surface area contributed by atoms with E-state index in [1.54, 1.807) is 0 Å². The first-order valence-electron chi connectivity index (χ1n) is 2.74. The van der Waals surface area contributed by atoms with Gasteiger partial charge in [0.25, 0.3) is 0 Å². The molecule has 40 valence electrons. The minimum atomic E-state index is 1.23. The van der Waals surface area contributed by atoms with Gasteiger partial charge in [-0.2, -0.15) is 0 Å². The van der Waals surface area contributed by atoms with E-state index in [4.69, 9.17) is 0 Å². The maximum atomic E-state index is 3.21. The third-order valence-corrected chi connectivity index (χ3v) is 1.51. The van der Waals surface area contributed by atoms with Crippen molar-refractivity contribution in [1.82, 2.24) is 4.98 Å². The molecule has 2 heterocycles. The number of hydrogen-bond acceptors (Lipinski definition) is 0. The third kappa shape index (κ3) is 0.316. The van der Waals surface area contributed by atoms with E-state index in [1.165, 1.54) is 16.6 Å². The van der Waals surface area contributed by atoms with E-state index in [0.717, 1.165) is 0 Å². The summed E-state index contributed by atoms with van der Waals surface area (Å²) in [7, 11) is 0. The third-order valence-electron chi connectivity index (χ3n) is 1.51. The summed E-state index contributed by atoms with van der Waals surface area (Å²) < 4.78 is 0. The van der Waals surface area contributed by atoms with Gasteiger partial charge in [0, 0.05) is 11.0 Å². The monoisotopic (exact) mass is 105 g/mol. The first-order chi connectivity index (χ1) is 3.86. The standard InChI is InChI=1S/C7H7N/c1-5-4-6-2-3-7(5)8-6/h2-4,8H,1H3. The number of fused-ring (bicyclic) bond motifs is 2. The number of benzene rings is 1. The zero-order chi connectivity index (χ0) is 5.56. The van der Waals surface area contributed by atoms with Crippen molar-refractivity contribution in [3.8, 4) is 0 Å². The SMILES string of the molecule is Cc1cc2ccc1[nH]2. The second kappa shape index (κ2) is 1.05. The largest absolute Gasteiger partial charge is 0.355 e. The Kier molecular flexibility index (Phi) is 0.519. The van der Waals surface area contributed by atoms with Gasteiger partial charge in [0.05, 0.1) is 0 Å². The number of H-pyrrole nitrogens is 1. The van der Waals surface area contributed by atoms with Crippen molar-refractivity contribution in [3.05, 3.63) is 23.8 Å². The van der Waals surface area contributed by atoms with E-state index in [0.29, 0.717) is 0 Å². The Morgan fingerprint density at radius 3 is 2.50 bits per heavy atom. The van der Waals surface area contributed by atoms with Crippen LogP contribution in [0.15, 0.2) is 18.2 Å². The summed E-state index contributed by atoms with van der Waals surface area (Å²) in [6.07, 6.45) is 0. The molecule has 2 bridgehead atoms. The topological polar surface area (TPSA) is 15.8 Å². The van der Waals surface area contributed by atoms with Crippen molar-refractivity contribution in [1.29, 1.82) is 0 Å². The first-order valence-corrected chi connectivity index (χ1v) is 2.74. The Balaban J connectivity index is 3.02. The lowest BCUT2D eigenvalue weighted by Gasteiger charge is -1.79. The van der Waals surface area contributed by atoms with Crippen LogP contribution in [-0.2, 0) is 0 Å². The highest BCUT2D eigenvalue weighted by Gasteiger charge is 1.95. The van der Waals surface area contributed by atoms with Crippen LogP contribution in [0.5, 0.6) is 0 Å². The number of aromatic nitrogens is 1. The molecule has 0 saturated carbocycles. The van der Waals surface area contributed by atoms with Crippen LogP contribution in [0.2, 0.25) is 0 Å². The van der Waals surface area contributed by atoms with Gasteiger partial charge in [-0.05, 0) is 30.7 Å². The quantitative estimate of drug-likeness (QED) is 0.526. The molecule has 0 aliphatic heterocycles. The fraction of sp³-hybridized carbons (Fsp3) is 0.143. The molecule has 0 fully saturated rings. The molecule has 1 nitrogen and oxygen atoms in total. The van der Waals surface area contributed by atoms with Crippen LogP contribution in [0.3, 0.4) is 0 Å². The molecule has 0 radical (unpaired) electrons. The number of rotatable bonds is 0. The van der Waals surface area contributed by atoms with Crippen LogP contribution in [0.4, 0.5) is 0 Å². The van der Waals surface area contributed by atoms with Gasteiger partial charge in [0.15, 0.2) is 0 Å². The van der Waals surface area contributed by atoms with Gasteiger partial charge in [0.1, 0.15) is 0 Å². The summed E-state index contributed by atoms with van der Waals surface area (Å²) in [6, 6.07) is 6.34. The summed E-state index contributed by atoms with van der Waals surface area (Å²) in [6.45, 7) is 2.11. The highest BCUT2D eigenvalue weighted by Crippen LogP contribution is 2.15. The van der Waals surface area contributed by atoms with Gasteiger partial charge in [0.2, 0.25) is 0 Å². The molecule has 0 aliphatic carbocycles. The Hall–Kier alpha value is -0.980. The Bertz CT molecular complexity index is 282. The zero-order valence-corrected chi connectivity index (χ0v) is 4.73. The predicted octanol–water partition coefficient (Wildman–Crippen LogP) is 1.91. The highest BCUT2D eigenvalue weighted by molar-refractivity contribution is 5.70. The van der Waals surface area contributed by atoms with E-state index in [2.05, 4.69) is 30.1 Å². The molecule has 0 spiro atoms. The molecule has 0 unspecified atom stereocenters. The van der Waals surface area contributed by atoms with Crippen LogP contribution >= 0.6 is 0 Å². The maximum absolute atomic E-state index is 3.21. The summed E-state index contributed by atoms with van der Waals surface area (Å²) in [5, 5.41) is 0.